The van der Waals surface area contributed by atoms with Gasteiger partial charge in [-0.2, -0.15) is 0 Å². The van der Waals surface area contributed by atoms with Crippen molar-refractivity contribution in [1.82, 2.24) is 4.98 Å². The zero-order chi connectivity index (χ0) is 26.8. The van der Waals surface area contributed by atoms with Gasteiger partial charge < -0.3 is 10.1 Å². The maximum atomic E-state index is 14.0. The second-order valence-electron chi connectivity index (χ2n) is 8.67. The van der Waals surface area contributed by atoms with E-state index in [2.05, 4.69) is 21.2 Å². The van der Waals surface area contributed by atoms with E-state index in [0.29, 0.717) is 38.5 Å². The lowest BCUT2D eigenvalue weighted by molar-refractivity contribution is 0.0600. The normalized spacial score (nSPS) is 10.8. The number of rotatable bonds is 5. The summed E-state index contributed by atoms with van der Waals surface area (Å²) in [6, 6.07) is 27.7. The van der Waals surface area contributed by atoms with Crippen LogP contribution in [-0.2, 0) is 4.74 Å². The summed E-state index contributed by atoms with van der Waals surface area (Å²) in [4.78, 5) is 31.2. The third kappa shape index (κ3) is 4.93. The summed E-state index contributed by atoms with van der Waals surface area (Å²) in [6.07, 6.45) is 0. The number of fused-ring (bicyclic) bond motifs is 1. The molecule has 0 fully saturated rings. The molecule has 0 saturated carbocycles. The van der Waals surface area contributed by atoms with Crippen molar-refractivity contribution in [2.24, 2.45) is 0 Å². The fraction of sp³-hybridized carbons (Fsp3) is 0.0645. The van der Waals surface area contributed by atoms with Crippen LogP contribution in [0.2, 0.25) is 5.02 Å². The van der Waals surface area contributed by atoms with Gasteiger partial charge in [0.2, 0.25) is 0 Å². The molecule has 0 unspecified atom stereocenters. The molecule has 5 nitrogen and oxygen atoms in total. The molecule has 5 aromatic rings. The number of pyridine rings is 1. The molecule has 0 spiro atoms. The highest BCUT2D eigenvalue weighted by Gasteiger charge is 2.21. The van der Waals surface area contributed by atoms with Crippen LogP contribution < -0.4 is 5.32 Å². The highest BCUT2D eigenvalue weighted by Crippen LogP contribution is 2.36. The summed E-state index contributed by atoms with van der Waals surface area (Å²) in [6.45, 7) is 1.90. The minimum absolute atomic E-state index is 0.302. The van der Waals surface area contributed by atoms with Crippen molar-refractivity contribution in [3.63, 3.8) is 0 Å². The number of esters is 1. The summed E-state index contributed by atoms with van der Waals surface area (Å²) in [7, 11) is 1.33. The number of carbonyl (C=O) groups excluding carboxylic acids is 2. The van der Waals surface area contributed by atoms with Gasteiger partial charge in [0.1, 0.15) is 0 Å². The number of halogens is 2. The average Bonchev–Trinajstić information content (AvgIpc) is 2.93. The molecule has 0 saturated heterocycles. The van der Waals surface area contributed by atoms with Gasteiger partial charge in [0, 0.05) is 37.3 Å². The van der Waals surface area contributed by atoms with Crippen LogP contribution in [0.25, 0.3) is 33.3 Å². The fourth-order valence-electron chi connectivity index (χ4n) is 4.49. The molecule has 1 aromatic heterocycles. The molecule has 0 radical (unpaired) electrons. The maximum Gasteiger partial charge on any atom is 0.337 e. The Morgan fingerprint density at radius 3 is 2.37 bits per heavy atom. The van der Waals surface area contributed by atoms with E-state index < -0.39 is 5.97 Å². The van der Waals surface area contributed by atoms with Gasteiger partial charge in [-0.05, 0) is 55.0 Å². The first-order valence-electron chi connectivity index (χ1n) is 11.8. The lowest BCUT2D eigenvalue weighted by Gasteiger charge is -2.17. The van der Waals surface area contributed by atoms with E-state index in [1.165, 1.54) is 7.11 Å². The number of benzene rings is 4. The van der Waals surface area contributed by atoms with Crippen LogP contribution in [-0.4, -0.2) is 24.0 Å². The Bertz CT molecular complexity index is 1700. The monoisotopic (exact) mass is 584 g/mol. The summed E-state index contributed by atoms with van der Waals surface area (Å²) < 4.78 is 5.75. The van der Waals surface area contributed by atoms with E-state index in [4.69, 9.17) is 21.3 Å². The van der Waals surface area contributed by atoms with Gasteiger partial charge >= 0.3 is 5.97 Å². The van der Waals surface area contributed by atoms with Crippen molar-refractivity contribution < 1.29 is 14.3 Å². The number of methoxy groups -OCH3 is 1. The lowest BCUT2D eigenvalue weighted by atomic mass is 9.96. The number of aromatic nitrogens is 1. The number of anilines is 1. The van der Waals surface area contributed by atoms with Gasteiger partial charge in [0.15, 0.2) is 0 Å². The molecule has 0 aliphatic carbocycles. The van der Waals surface area contributed by atoms with Crippen LogP contribution in [0.1, 0.15) is 26.3 Å². The quantitative estimate of drug-likeness (QED) is 0.211. The predicted molar refractivity (Wildman–Crippen MR) is 156 cm³/mol. The molecule has 0 atom stereocenters. The zero-order valence-electron chi connectivity index (χ0n) is 20.6. The van der Waals surface area contributed by atoms with Gasteiger partial charge in [0.05, 0.1) is 29.4 Å². The molecule has 7 heteroatoms. The Hall–Kier alpha value is -4.00. The second kappa shape index (κ2) is 10.8. The van der Waals surface area contributed by atoms with Crippen LogP contribution in [0.15, 0.2) is 95.5 Å². The summed E-state index contributed by atoms with van der Waals surface area (Å²) in [5, 5.41) is 4.29. The largest absolute Gasteiger partial charge is 0.465 e. The first-order chi connectivity index (χ1) is 18.4. The molecular formula is C31H22BrClN2O3. The lowest BCUT2D eigenvalue weighted by Crippen LogP contribution is -2.16. The third-order valence-electron chi connectivity index (χ3n) is 6.32. The minimum atomic E-state index is -0.482. The fourth-order valence-corrected chi connectivity index (χ4v) is 5.08. The minimum Gasteiger partial charge on any atom is -0.465 e. The van der Waals surface area contributed by atoms with Gasteiger partial charge in [-0.1, -0.05) is 76.1 Å². The van der Waals surface area contributed by atoms with Crippen molar-refractivity contribution in [1.29, 1.82) is 0 Å². The molecule has 4 aromatic carbocycles. The van der Waals surface area contributed by atoms with Gasteiger partial charge in [-0.25, -0.2) is 9.78 Å². The highest BCUT2D eigenvalue weighted by molar-refractivity contribution is 9.10. The maximum absolute atomic E-state index is 14.0. The number of carbonyl (C=O) groups is 2. The van der Waals surface area contributed by atoms with E-state index in [9.17, 15) is 9.59 Å². The predicted octanol–water partition coefficient (Wildman–Crippen LogP) is 8.33. The van der Waals surface area contributed by atoms with Gasteiger partial charge in [-0.3, -0.25) is 4.79 Å². The summed E-state index contributed by atoms with van der Waals surface area (Å²) in [5.74, 6) is -0.784. The number of ether oxygens (including phenoxy) is 1. The number of nitrogens with one attached hydrogen (secondary N) is 1. The van der Waals surface area contributed by atoms with E-state index in [1.54, 1.807) is 24.3 Å². The van der Waals surface area contributed by atoms with Crippen molar-refractivity contribution in [2.75, 3.05) is 12.4 Å². The van der Waals surface area contributed by atoms with E-state index >= 15 is 0 Å². The van der Waals surface area contributed by atoms with Crippen molar-refractivity contribution in [3.05, 3.63) is 117 Å². The molecule has 38 heavy (non-hydrogen) atoms. The van der Waals surface area contributed by atoms with Crippen LogP contribution in [0.3, 0.4) is 0 Å². The van der Waals surface area contributed by atoms with Crippen molar-refractivity contribution >= 4 is 56.0 Å². The SMILES string of the molecule is COC(=O)c1ccc(NC(=O)c2c(C)c(-c3ccccc3)nc3ccc(Br)cc23)c(-c2ccccc2Cl)c1. The van der Waals surface area contributed by atoms with Crippen molar-refractivity contribution in [2.45, 2.75) is 6.92 Å². The van der Waals surface area contributed by atoms with Gasteiger partial charge in [-0.15, -0.1) is 0 Å². The van der Waals surface area contributed by atoms with Crippen LogP contribution in [0, 0.1) is 6.92 Å². The third-order valence-corrected chi connectivity index (χ3v) is 7.14. The molecular weight excluding hydrogens is 564 g/mol. The second-order valence-corrected chi connectivity index (χ2v) is 10.00. The average molecular weight is 586 g/mol. The smallest absolute Gasteiger partial charge is 0.337 e. The molecule has 1 heterocycles. The standard InChI is InChI=1S/C31H22BrClN2O3/c1-18-28(24-17-21(32)13-15-27(24)34-29(18)19-8-4-3-5-9-19)30(36)35-26-14-12-20(31(37)38-2)16-23(26)22-10-6-7-11-25(22)33/h3-17H,1-2H3,(H,35,36). The first-order valence-corrected chi connectivity index (χ1v) is 13.0. The molecule has 0 bridgehead atoms. The Balaban J connectivity index is 1.67. The molecule has 0 aliphatic rings. The van der Waals surface area contributed by atoms with E-state index in [1.807, 2.05) is 73.7 Å². The number of amides is 1. The Morgan fingerprint density at radius 1 is 0.895 bits per heavy atom. The van der Waals surface area contributed by atoms with Crippen molar-refractivity contribution in [3.8, 4) is 22.4 Å². The van der Waals surface area contributed by atoms with Crippen LogP contribution in [0.5, 0.6) is 0 Å². The molecule has 1 amide bonds. The Kier molecular flexibility index (Phi) is 7.27. The van der Waals surface area contributed by atoms with Crippen LogP contribution in [0.4, 0.5) is 5.69 Å². The molecule has 0 aliphatic heterocycles. The Labute approximate surface area is 233 Å². The zero-order valence-corrected chi connectivity index (χ0v) is 22.9. The number of hydrogen-bond acceptors (Lipinski definition) is 4. The highest BCUT2D eigenvalue weighted by atomic mass is 79.9. The first kappa shape index (κ1) is 25.6. The van der Waals surface area contributed by atoms with E-state index in [0.717, 1.165) is 26.7 Å². The summed E-state index contributed by atoms with van der Waals surface area (Å²) in [5.41, 5.74) is 5.77. The topological polar surface area (TPSA) is 68.3 Å². The number of hydrogen-bond donors (Lipinski definition) is 1. The Morgan fingerprint density at radius 2 is 1.63 bits per heavy atom. The van der Waals surface area contributed by atoms with E-state index in [-0.39, 0.29) is 5.91 Å². The van der Waals surface area contributed by atoms with Crippen LogP contribution >= 0.6 is 27.5 Å². The summed E-state index contributed by atoms with van der Waals surface area (Å²) >= 11 is 10.0. The number of nitrogens with zero attached hydrogens (tertiary/aromatic N) is 1. The molecule has 188 valence electrons. The molecule has 1 N–H and O–H groups in total. The van der Waals surface area contributed by atoms with Gasteiger partial charge in [0.25, 0.3) is 5.91 Å². The molecule has 5 rings (SSSR count).